The van der Waals surface area contributed by atoms with Crippen LogP contribution in [0.4, 0.5) is 4.79 Å². The number of rotatable bonds is 7. The third-order valence-electron chi connectivity index (χ3n) is 2.27. The molecule has 0 aliphatic carbocycles. The number of nitrogens with zero attached hydrogens (tertiary/aromatic N) is 1. The van der Waals surface area contributed by atoms with Crippen LogP contribution < -0.4 is 5.32 Å². The molecule has 108 valence electrons. The molecule has 0 radical (unpaired) electrons. The van der Waals surface area contributed by atoms with Crippen molar-refractivity contribution >= 4 is 12.1 Å². The van der Waals surface area contributed by atoms with Crippen molar-refractivity contribution in [1.82, 2.24) is 5.32 Å². The molecule has 0 saturated heterocycles. The Labute approximate surface area is 113 Å². The van der Waals surface area contributed by atoms with E-state index in [9.17, 15) is 9.59 Å². The Hall–Kier alpha value is -1.77. The molecule has 0 aromatic carbocycles. The summed E-state index contributed by atoms with van der Waals surface area (Å²) in [7, 11) is 0. The summed E-state index contributed by atoms with van der Waals surface area (Å²) in [6.07, 6.45) is 2.24. The summed E-state index contributed by atoms with van der Waals surface area (Å²) in [4.78, 5) is 22.5. The lowest BCUT2D eigenvalue weighted by atomic mass is 10.1. The molecule has 0 heterocycles. The second kappa shape index (κ2) is 8.35. The van der Waals surface area contributed by atoms with Crippen LogP contribution in [0.1, 0.15) is 52.9 Å². The number of carbonyl (C=O) groups excluding carboxylic acids is 1. The number of nitriles is 1. The van der Waals surface area contributed by atoms with E-state index in [4.69, 9.17) is 15.1 Å². The zero-order valence-electron chi connectivity index (χ0n) is 11.7. The van der Waals surface area contributed by atoms with E-state index in [2.05, 4.69) is 5.32 Å². The highest BCUT2D eigenvalue weighted by Crippen LogP contribution is 2.09. The van der Waals surface area contributed by atoms with Gasteiger partial charge in [0.25, 0.3) is 0 Å². The van der Waals surface area contributed by atoms with Crippen LogP contribution in [0.3, 0.4) is 0 Å². The summed E-state index contributed by atoms with van der Waals surface area (Å²) in [6, 6.07) is 1.08. The molecule has 6 nitrogen and oxygen atoms in total. The van der Waals surface area contributed by atoms with Gasteiger partial charge in [-0.15, -0.1) is 0 Å². The van der Waals surface area contributed by atoms with Gasteiger partial charge in [-0.1, -0.05) is 12.8 Å². The van der Waals surface area contributed by atoms with Crippen molar-refractivity contribution in [1.29, 1.82) is 5.26 Å². The fourth-order valence-electron chi connectivity index (χ4n) is 1.44. The van der Waals surface area contributed by atoms with Gasteiger partial charge < -0.3 is 15.2 Å². The first-order valence-electron chi connectivity index (χ1n) is 6.35. The number of unbranched alkanes of at least 4 members (excludes halogenated alkanes) is 3. The minimum absolute atomic E-state index is 0.333. The standard InChI is InChI=1S/C13H22N2O4/c1-13(2,3)19-12(18)15-10(11(16)17)8-6-4-5-7-9-14/h10H,4-8H2,1-3H3,(H,15,18)(H,16,17). The van der Waals surface area contributed by atoms with Crippen molar-refractivity contribution in [3.8, 4) is 6.07 Å². The van der Waals surface area contributed by atoms with Gasteiger partial charge in [0.2, 0.25) is 0 Å². The highest BCUT2D eigenvalue weighted by molar-refractivity contribution is 5.79. The normalized spacial score (nSPS) is 12.3. The molecule has 0 fully saturated rings. The number of hydrogen-bond donors (Lipinski definition) is 2. The Bertz CT molecular complexity index is 342. The van der Waals surface area contributed by atoms with E-state index in [0.717, 1.165) is 12.8 Å². The fourth-order valence-corrected chi connectivity index (χ4v) is 1.44. The van der Waals surface area contributed by atoms with Gasteiger partial charge in [-0.2, -0.15) is 5.26 Å². The van der Waals surface area contributed by atoms with Crippen molar-refractivity contribution in [2.45, 2.75) is 64.5 Å². The SMILES string of the molecule is CC(C)(C)OC(=O)NC(CCCCCC#N)C(=O)O. The molecular weight excluding hydrogens is 248 g/mol. The summed E-state index contributed by atoms with van der Waals surface area (Å²) in [5.41, 5.74) is -0.653. The molecule has 6 heteroatoms. The number of carboxylic acids is 1. The zero-order chi connectivity index (χ0) is 14.9. The number of ether oxygens (including phenoxy) is 1. The number of nitrogens with one attached hydrogen (secondary N) is 1. The summed E-state index contributed by atoms with van der Waals surface area (Å²) in [6.45, 7) is 5.14. The van der Waals surface area contributed by atoms with Crippen LogP contribution in [0, 0.1) is 11.3 Å². The number of carbonyl (C=O) groups is 2. The Morgan fingerprint density at radius 2 is 1.95 bits per heavy atom. The molecule has 0 aliphatic heterocycles. The second-order valence-electron chi connectivity index (χ2n) is 5.29. The van der Waals surface area contributed by atoms with E-state index < -0.39 is 23.7 Å². The minimum atomic E-state index is -1.08. The van der Waals surface area contributed by atoms with Crippen LogP contribution >= 0.6 is 0 Å². The molecule has 2 N–H and O–H groups in total. The maximum atomic E-state index is 11.5. The molecule has 1 atom stereocenters. The summed E-state index contributed by atoms with van der Waals surface area (Å²) in [5.74, 6) is -1.08. The fraction of sp³-hybridized carbons (Fsp3) is 0.769. The van der Waals surface area contributed by atoms with Gasteiger partial charge in [0.1, 0.15) is 11.6 Å². The number of aliphatic carboxylic acids is 1. The molecule has 0 spiro atoms. The van der Waals surface area contributed by atoms with Gasteiger partial charge in [0, 0.05) is 6.42 Å². The lowest BCUT2D eigenvalue weighted by Crippen LogP contribution is -2.43. The Morgan fingerprint density at radius 1 is 1.32 bits per heavy atom. The molecule has 0 aromatic heterocycles. The van der Waals surface area contributed by atoms with Crippen molar-refractivity contribution in [2.75, 3.05) is 0 Å². The third-order valence-corrected chi connectivity index (χ3v) is 2.27. The van der Waals surface area contributed by atoms with Crippen LogP contribution in [-0.2, 0) is 9.53 Å². The van der Waals surface area contributed by atoms with Crippen LogP contribution in [0.5, 0.6) is 0 Å². The lowest BCUT2D eigenvalue weighted by Gasteiger charge is -2.22. The van der Waals surface area contributed by atoms with Gasteiger partial charge >= 0.3 is 12.1 Å². The first kappa shape index (κ1) is 17.2. The van der Waals surface area contributed by atoms with Gasteiger partial charge in [-0.05, 0) is 33.6 Å². The third kappa shape index (κ3) is 9.89. The van der Waals surface area contributed by atoms with Gasteiger partial charge in [0.05, 0.1) is 6.07 Å². The second-order valence-corrected chi connectivity index (χ2v) is 5.29. The molecule has 19 heavy (non-hydrogen) atoms. The zero-order valence-corrected chi connectivity index (χ0v) is 11.7. The monoisotopic (exact) mass is 270 g/mol. The van der Waals surface area contributed by atoms with E-state index >= 15 is 0 Å². The maximum Gasteiger partial charge on any atom is 0.408 e. The average molecular weight is 270 g/mol. The lowest BCUT2D eigenvalue weighted by molar-refractivity contribution is -0.139. The smallest absolute Gasteiger partial charge is 0.408 e. The number of carboxylic acid groups (broad SMARTS) is 1. The topological polar surface area (TPSA) is 99.4 Å². The van der Waals surface area contributed by atoms with Gasteiger partial charge in [0.15, 0.2) is 0 Å². The summed E-state index contributed by atoms with van der Waals surface area (Å²) in [5, 5.41) is 19.7. The van der Waals surface area contributed by atoms with Gasteiger partial charge in [-0.25, -0.2) is 9.59 Å². The van der Waals surface area contributed by atoms with E-state index in [0.29, 0.717) is 19.3 Å². The summed E-state index contributed by atoms with van der Waals surface area (Å²) < 4.78 is 5.01. The molecule has 0 bridgehead atoms. The quantitative estimate of drug-likeness (QED) is 0.692. The minimum Gasteiger partial charge on any atom is -0.480 e. The Morgan fingerprint density at radius 3 is 2.42 bits per heavy atom. The molecule has 0 rings (SSSR count). The molecule has 0 saturated carbocycles. The first-order valence-corrected chi connectivity index (χ1v) is 6.35. The molecule has 0 aromatic rings. The van der Waals surface area contributed by atoms with E-state index in [-0.39, 0.29) is 0 Å². The van der Waals surface area contributed by atoms with Crippen LogP contribution in [0.25, 0.3) is 0 Å². The Balaban J connectivity index is 4.10. The molecule has 1 unspecified atom stereocenters. The van der Waals surface area contributed by atoms with Crippen molar-refractivity contribution in [2.24, 2.45) is 0 Å². The van der Waals surface area contributed by atoms with Crippen molar-refractivity contribution in [3.63, 3.8) is 0 Å². The van der Waals surface area contributed by atoms with Crippen molar-refractivity contribution in [3.05, 3.63) is 0 Å². The average Bonchev–Trinajstić information content (AvgIpc) is 2.24. The molecular formula is C13H22N2O4. The molecule has 1 amide bonds. The number of hydrogen-bond acceptors (Lipinski definition) is 4. The highest BCUT2D eigenvalue weighted by atomic mass is 16.6. The summed E-state index contributed by atoms with van der Waals surface area (Å²) >= 11 is 0. The van der Waals surface area contributed by atoms with Crippen molar-refractivity contribution < 1.29 is 19.4 Å². The number of alkyl carbamates (subject to hydrolysis) is 1. The van der Waals surface area contributed by atoms with E-state index in [1.165, 1.54) is 0 Å². The van der Waals surface area contributed by atoms with E-state index in [1.807, 2.05) is 6.07 Å². The first-order chi connectivity index (χ1) is 8.76. The largest absolute Gasteiger partial charge is 0.480 e. The molecule has 0 aliphatic rings. The van der Waals surface area contributed by atoms with Crippen LogP contribution in [0.15, 0.2) is 0 Å². The Kier molecular flexibility index (Phi) is 7.57. The predicted octanol–water partition coefficient (Wildman–Crippen LogP) is 2.44. The predicted molar refractivity (Wildman–Crippen MR) is 69.5 cm³/mol. The van der Waals surface area contributed by atoms with Gasteiger partial charge in [-0.3, -0.25) is 0 Å². The number of amides is 1. The highest BCUT2D eigenvalue weighted by Gasteiger charge is 2.23. The maximum absolute atomic E-state index is 11.5. The van der Waals surface area contributed by atoms with Crippen LogP contribution in [-0.4, -0.2) is 28.8 Å². The van der Waals surface area contributed by atoms with E-state index in [1.54, 1.807) is 20.8 Å². The van der Waals surface area contributed by atoms with Crippen LogP contribution in [0.2, 0.25) is 0 Å².